The molecule has 1 atom stereocenters. The van der Waals surface area contributed by atoms with Gasteiger partial charge in [0.25, 0.3) is 0 Å². The Balaban J connectivity index is 0.00000225. The van der Waals surface area contributed by atoms with E-state index in [1.54, 1.807) is 18.4 Å². The predicted molar refractivity (Wildman–Crippen MR) is 118 cm³/mol. The first-order chi connectivity index (χ1) is 11.8. The van der Waals surface area contributed by atoms with E-state index in [-0.39, 0.29) is 24.0 Å². The summed E-state index contributed by atoms with van der Waals surface area (Å²) >= 11 is 1.74. The summed E-state index contributed by atoms with van der Waals surface area (Å²) in [5, 5.41) is 12.3. The van der Waals surface area contributed by atoms with Gasteiger partial charge in [-0.1, -0.05) is 31.2 Å². The van der Waals surface area contributed by atoms with Crippen molar-refractivity contribution in [2.45, 2.75) is 19.4 Å². The number of pyridine rings is 1. The highest BCUT2D eigenvalue weighted by atomic mass is 127. The minimum absolute atomic E-state index is 0. The van der Waals surface area contributed by atoms with E-state index >= 15 is 0 Å². The van der Waals surface area contributed by atoms with Crippen molar-refractivity contribution in [3.63, 3.8) is 0 Å². The Morgan fingerprint density at radius 1 is 1.20 bits per heavy atom. The van der Waals surface area contributed by atoms with E-state index in [1.807, 2.05) is 12.3 Å². The zero-order valence-corrected chi connectivity index (χ0v) is 17.5. The lowest BCUT2D eigenvalue weighted by Crippen LogP contribution is -2.38. The molecule has 0 saturated heterocycles. The maximum absolute atomic E-state index is 4.49. The second-order valence-corrected chi connectivity index (χ2v) is 6.54. The highest BCUT2D eigenvalue weighted by Gasteiger charge is 2.08. The number of benzene rings is 1. The first-order valence-corrected chi connectivity index (χ1v) is 9.01. The number of halogens is 1. The first kappa shape index (κ1) is 19.7. The van der Waals surface area contributed by atoms with E-state index in [9.17, 15) is 0 Å². The SMILES string of the molecule is CN=C(NCc1cccc2cccnc12)NCC(C)c1ccsc1.I. The van der Waals surface area contributed by atoms with Crippen LogP contribution in [-0.4, -0.2) is 24.5 Å². The Labute approximate surface area is 169 Å². The van der Waals surface area contributed by atoms with E-state index in [2.05, 4.69) is 68.6 Å². The van der Waals surface area contributed by atoms with Crippen molar-refractivity contribution in [3.8, 4) is 0 Å². The minimum atomic E-state index is 0. The molecule has 6 heteroatoms. The topological polar surface area (TPSA) is 49.3 Å². The molecule has 2 aromatic heterocycles. The van der Waals surface area contributed by atoms with E-state index in [1.165, 1.54) is 11.1 Å². The molecule has 2 heterocycles. The lowest BCUT2D eigenvalue weighted by molar-refractivity contribution is 0.701. The summed E-state index contributed by atoms with van der Waals surface area (Å²) in [5.74, 6) is 1.26. The quantitative estimate of drug-likeness (QED) is 0.333. The van der Waals surface area contributed by atoms with Crippen molar-refractivity contribution in [3.05, 3.63) is 64.5 Å². The fraction of sp³-hybridized carbons (Fsp3) is 0.263. The molecule has 3 aromatic rings. The molecule has 0 amide bonds. The zero-order valence-electron chi connectivity index (χ0n) is 14.4. The van der Waals surface area contributed by atoms with Gasteiger partial charge in [0, 0.05) is 31.7 Å². The van der Waals surface area contributed by atoms with Gasteiger partial charge in [0.15, 0.2) is 5.96 Å². The molecule has 25 heavy (non-hydrogen) atoms. The molecule has 0 spiro atoms. The predicted octanol–water partition coefficient (Wildman–Crippen LogP) is 4.38. The summed E-state index contributed by atoms with van der Waals surface area (Å²) in [6.45, 7) is 3.77. The second kappa shape index (κ2) is 9.72. The van der Waals surface area contributed by atoms with Crippen LogP contribution in [-0.2, 0) is 6.54 Å². The van der Waals surface area contributed by atoms with Crippen molar-refractivity contribution < 1.29 is 0 Å². The molecule has 1 unspecified atom stereocenters. The fourth-order valence-electron chi connectivity index (χ4n) is 2.63. The fourth-order valence-corrected chi connectivity index (χ4v) is 3.41. The van der Waals surface area contributed by atoms with Gasteiger partial charge in [-0.3, -0.25) is 9.98 Å². The minimum Gasteiger partial charge on any atom is -0.356 e. The van der Waals surface area contributed by atoms with Crippen LogP contribution in [0.5, 0.6) is 0 Å². The van der Waals surface area contributed by atoms with E-state index in [0.29, 0.717) is 12.5 Å². The monoisotopic (exact) mass is 466 g/mol. The van der Waals surface area contributed by atoms with Gasteiger partial charge in [0.05, 0.1) is 5.52 Å². The van der Waals surface area contributed by atoms with Crippen molar-refractivity contribution in [2.75, 3.05) is 13.6 Å². The molecule has 0 saturated carbocycles. The summed E-state index contributed by atoms with van der Waals surface area (Å²) in [4.78, 5) is 8.81. The van der Waals surface area contributed by atoms with Crippen LogP contribution in [0.4, 0.5) is 0 Å². The van der Waals surface area contributed by atoms with Crippen molar-refractivity contribution in [1.82, 2.24) is 15.6 Å². The molecule has 132 valence electrons. The number of aromatic nitrogens is 1. The number of thiophene rings is 1. The largest absolute Gasteiger partial charge is 0.356 e. The normalized spacial score (nSPS) is 12.5. The maximum Gasteiger partial charge on any atom is 0.191 e. The molecule has 1 aromatic carbocycles. The summed E-state index contributed by atoms with van der Waals surface area (Å²) in [7, 11) is 1.80. The van der Waals surface area contributed by atoms with Crippen molar-refractivity contribution >= 4 is 52.2 Å². The average Bonchev–Trinajstić information content (AvgIpc) is 3.16. The lowest BCUT2D eigenvalue weighted by Gasteiger charge is -2.16. The van der Waals surface area contributed by atoms with Gasteiger partial charge in [-0.05, 0) is 39.9 Å². The van der Waals surface area contributed by atoms with Gasteiger partial charge in [-0.25, -0.2) is 0 Å². The van der Waals surface area contributed by atoms with E-state index in [4.69, 9.17) is 0 Å². The van der Waals surface area contributed by atoms with Gasteiger partial charge < -0.3 is 10.6 Å². The molecule has 0 aliphatic rings. The first-order valence-electron chi connectivity index (χ1n) is 8.07. The molecular weight excluding hydrogens is 443 g/mol. The molecule has 0 aliphatic heterocycles. The van der Waals surface area contributed by atoms with Gasteiger partial charge in [0.2, 0.25) is 0 Å². The van der Waals surface area contributed by atoms with Gasteiger partial charge >= 0.3 is 0 Å². The molecular formula is C19H23IN4S. The summed E-state index contributed by atoms with van der Waals surface area (Å²) < 4.78 is 0. The zero-order chi connectivity index (χ0) is 16.8. The second-order valence-electron chi connectivity index (χ2n) is 5.76. The molecule has 0 radical (unpaired) electrons. The summed E-state index contributed by atoms with van der Waals surface area (Å²) in [6, 6.07) is 12.5. The Bertz CT molecular complexity index is 812. The Hall–Kier alpha value is -1.67. The number of fused-ring (bicyclic) bond motifs is 1. The third-order valence-electron chi connectivity index (χ3n) is 4.07. The van der Waals surface area contributed by atoms with E-state index in [0.717, 1.165) is 23.4 Å². The number of guanidine groups is 1. The molecule has 3 rings (SSSR count). The highest BCUT2D eigenvalue weighted by molar-refractivity contribution is 14.0. The van der Waals surface area contributed by atoms with Crippen LogP contribution < -0.4 is 10.6 Å². The molecule has 0 aliphatic carbocycles. The number of nitrogens with one attached hydrogen (secondary N) is 2. The van der Waals surface area contributed by atoms with E-state index < -0.39 is 0 Å². The van der Waals surface area contributed by atoms with Crippen LogP contribution in [0.15, 0.2) is 58.3 Å². The van der Waals surface area contributed by atoms with Crippen LogP contribution in [0.25, 0.3) is 10.9 Å². The standard InChI is InChI=1S/C19H22N4S.HI/c1-14(17-8-10-24-13-17)11-22-19(20-2)23-12-16-6-3-5-15-7-4-9-21-18(15)16;/h3-10,13-14H,11-12H2,1-2H3,(H2,20,22,23);1H. The van der Waals surface area contributed by atoms with Gasteiger partial charge in [0.1, 0.15) is 0 Å². The average molecular weight is 466 g/mol. The number of aliphatic imine (C=N–C) groups is 1. The van der Waals surface area contributed by atoms with Gasteiger partial charge in [-0.15, -0.1) is 24.0 Å². The Morgan fingerprint density at radius 3 is 2.80 bits per heavy atom. The highest BCUT2D eigenvalue weighted by Crippen LogP contribution is 2.17. The smallest absolute Gasteiger partial charge is 0.191 e. The van der Waals surface area contributed by atoms with Crippen molar-refractivity contribution in [1.29, 1.82) is 0 Å². The molecule has 4 nitrogen and oxygen atoms in total. The lowest BCUT2D eigenvalue weighted by atomic mass is 10.1. The van der Waals surface area contributed by atoms with Crippen molar-refractivity contribution in [2.24, 2.45) is 4.99 Å². The number of nitrogens with zero attached hydrogens (tertiary/aromatic N) is 2. The van der Waals surface area contributed by atoms with Crippen LogP contribution >= 0.6 is 35.3 Å². The van der Waals surface area contributed by atoms with Crippen LogP contribution in [0.1, 0.15) is 24.0 Å². The van der Waals surface area contributed by atoms with Gasteiger partial charge in [-0.2, -0.15) is 11.3 Å². The molecule has 0 bridgehead atoms. The van der Waals surface area contributed by atoms with Crippen LogP contribution in [0.3, 0.4) is 0 Å². The summed E-state index contributed by atoms with van der Waals surface area (Å²) in [5.41, 5.74) is 3.57. The number of hydrogen-bond donors (Lipinski definition) is 2. The maximum atomic E-state index is 4.49. The van der Waals surface area contributed by atoms with Crippen LogP contribution in [0.2, 0.25) is 0 Å². The molecule has 0 fully saturated rings. The number of rotatable bonds is 5. The third-order valence-corrected chi connectivity index (χ3v) is 4.78. The molecule has 2 N–H and O–H groups in total. The third kappa shape index (κ3) is 5.15. The number of hydrogen-bond acceptors (Lipinski definition) is 3. The number of para-hydroxylation sites is 1. The summed E-state index contributed by atoms with van der Waals surface area (Å²) in [6.07, 6.45) is 1.83. The Kier molecular flexibility index (Phi) is 7.64. The van der Waals surface area contributed by atoms with Crippen LogP contribution in [0, 0.1) is 0 Å². The Morgan fingerprint density at radius 2 is 2.04 bits per heavy atom.